The van der Waals surface area contributed by atoms with E-state index >= 15 is 0 Å². The van der Waals surface area contributed by atoms with Crippen LogP contribution in [0.25, 0.3) is 27.5 Å². The fraction of sp³-hybridized carbons (Fsp3) is 0.464. The van der Waals surface area contributed by atoms with Crippen molar-refractivity contribution >= 4 is 21.8 Å². The summed E-state index contributed by atoms with van der Waals surface area (Å²) in [7, 11) is 0. The zero-order valence-corrected chi connectivity index (χ0v) is 19.1. The number of benzene rings is 2. The third kappa shape index (κ3) is 3.01. The monoisotopic (exact) mass is 443 g/mol. The Morgan fingerprint density at radius 1 is 1.03 bits per heavy atom. The molecule has 4 nitrogen and oxygen atoms in total. The van der Waals surface area contributed by atoms with E-state index in [9.17, 15) is 4.39 Å². The number of halogens is 1. The second-order valence-electron chi connectivity index (χ2n) is 10.9. The summed E-state index contributed by atoms with van der Waals surface area (Å²) in [6.07, 6.45) is 9.36. The number of ether oxygens (including phenoxy) is 1. The van der Waals surface area contributed by atoms with E-state index in [2.05, 4.69) is 33.8 Å². The molecule has 2 aliphatic carbocycles. The summed E-state index contributed by atoms with van der Waals surface area (Å²) in [5.74, 6) is 1.74. The first kappa shape index (κ1) is 19.8. The average Bonchev–Trinajstić information content (AvgIpc) is 3.37. The summed E-state index contributed by atoms with van der Waals surface area (Å²) < 4.78 is 22.0. The van der Waals surface area contributed by atoms with E-state index in [1.807, 2.05) is 18.3 Å². The maximum absolute atomic E-state index is 13.9. The standard InChI is InChI=1S/C28H30FN3O/c1-17-12-28(13-17)14-20(15-28)26-23-11-24-19(16-30-31-24)10-25(23)32(22-4-2-21(29)3-5-22)27(26)18-6-8-33-9-7-18/h2-5,10-11,16-18,20H,6-9,12-15H2,1H3,(H,30,31). The summed E-state index contributed by atoms with van der Waals surface area (Å²) in [5.41, 5.74) is 6.90. The van der Waals surface area contributed by atoms with E-state index in [0.717, 1.165) is 48.6 Å². The molecule has 5 heteroatoms. The fourth-order valence-corrected chi connectivity index (χ4v) is 7.38. The van der Waals surface area contributed by atoms with Crippen LogP contribution in [0.4, 0.5) is 4.39 Å². The lowest BCUT2D eigenvalue weighted by Crippen LogP contribution is -2.45. The van der Waals surface area contributed by atoms with E-state index in [1.54, 1.807) is 12.1 Å². The Hall–Kier alpha value is -2.66. The highest BCUT2D eigenvalue weighted by molar-refractivity contribution is 5.99. The van der Waals surface area contributed by atoms with E-state index in [0.29, 0.717) is 17.3 Å². The molecule has 2 aromatic carbocycles. The van der Waals surface area contributed by atoms with Crippen LogP contribution in [0.1, 0.15) is 68.5 Å². The van der Waals surface area contributed by atoms with E-state index in [4.69, 9.17) is 4.74 Å². The molecule has 33 heavy (non-hydrogen) atoms. The van der Waals surface area contributed by atoms with Crippen molar-refractivity contribution < 1.29 is 9.13 Å². The highest BCUT2D eigenvalue weighted by Crippen LogP contribution is 2.65. The van der Waals surface area contributed by atoms with Gasteiger partial charge < -0.3 is 9.30 Å². The first-order chi connectivity index (χ1) is 16.1. The predicted octanol–water partition coefficient (Wildman–Crippen LogP) is 6.83. The van der Waals surface area contributed by atoms with Gasteiger partial charge in [0.2, 0.25) is 0 Å². The molecule has 0 amide bonds. The topological polar surface area (TPSA) is 42.8 Å². The number of nitrogens with one attached hydrogen (secondary N) is 1. The number of hydrogen-bond acceptors (Lipinski definition) is 2. The molecule has 3 heterocycles. The third-order valence-corrected chi connectivity index (χ3v) is 8.63. The van der Waals surface area contributed by atoms with Gasteiger partial charge in [-0.3, -0.25) is 5.10 Å². The first-order valence-corrected chi connectivity index (χ1v) is 12.5. The number of nitrogens with zero attached hydrogens (tertiary/aromatic N) is 2. The van der Waals surface area contributed by atoms with Crippen molar-refractivity contribution in [2.75, 3.05) is 13.2 Å². The van der Waals surface area contributed by atoms with Crippen LogP contribution in [0, 0.1) is 17.2 Å². The van der Waals surface area contributed by atoms with Crippen molar-refractivity contribution in [3.8, 4) is 5.69 Å². The molecule has 3 aliphatic rings. The molecule has 0 atom stereocenters. The van der Waals surface area contributed by atoms with Gasteiger partial charge in [0, 0.05) is 41.3 Å². The molecule has 170 valence electrons. The summed E-state index contributed by atoms with van der Waals surface area (Å²) in [6.45, 7) is 4.01. The van der Waals surface area contributed by atoms with Gasteiger partial charge in [-0.1, -0.05) is 6.92 Å². The van der Waals surface area contributed by atoms with E-state index in [-0.39, 0.29) is 5.82 Å². The Morgan fingerprint density at radius 3 is 2.52 bits per heavy atom. The van der Waals surface area contributed by atoms with Crippen LogP contribution < -0.4 is 0 Å². The van der Waals surface area contributed by atoms with Gasteiger partial charge in [0.1, 0.15) is 5.82 Å². The minimum Gasteiger partial charge on any atom is -0.381 e. The Morgan fingerprint density at radius 2 is 1.79 bits per heavy atom. The molecule has 7 rings (SSSR count). The Kier molecular flexibility index (Phi) is 4.30. The van der Waals surface area contributed by atoms with E-state index < -0.39 is 0 Å². The van der Waals surface area contributed by atoms with Crippen molar-refractivity contribution in [3.63, 3.8) is 0 Å². The van der Waals surface area contributed by atoms with E-state index in [1.165, 1.54) is 47.8 Å². The third-order valence-electron chi connectivity index (χ3n) is 8.63. The Bertz CT molecular complexity index is 1330. The molecular weight excluding hydrogens is 413 g/mol. The van der Waals surface area contributed by atoms with Crippen LogP contribution in [0.2, 0.25) is 0 Å². The summed E-state index contributed by atoms with van der Waals surface area (Å²) >= 11 is 0. The lowest BCUT2D eigenvalue weighted by Gasteiger charge is -2.57. The van der Waals surface area contributed by atoms with Crippen molar-refractivity contribution in [2.24, 2.45) is 11.3 Å². The van der Waals surface area contributed by atoms with Crippen molar-refractivity contribution in [2.45, 2.75) is 57.3 Å². The largest absolute Gasteiger partial charge is 0.381 e. The van der Waals surface area contributed by atoms with Gasteiger partial charge >= 0.3 is 0 Å². The lowest BCUT2D eigenvalue weighted by molar-refractivity contribution is -0.0342. The quantitative estimate of drug-likeness (QED) is 0.377. The van der Waals surface area contributed by atoms with Gasteiger partial charge in [0.05, 0.1) is 17.2 Å². The minimum absolute atomic E-state index is 0.194. The predicted molar refractivity (Wildman–Crippen MR) is 128 cm³/mol. The van der Waals surface area contributed by atoms with Crippen molar-refractivity contribution in [3.05, 3.63) is 59.7 Å². The molecule has 2 aromatic heterocycles. The minimum atomic E-state index is -0.194. The zero-order chi connectivity index (χ0) is 22.2. The molecule has 4 aromatic rings. The number of rotatable bonds is 3. The second-order valence-corrected chi connectivity index (χ2v) is 10.9. The molecule has 1 saturated heterocycles. The molecular formula is C28H30FN3O. The van der Waals surface area contributed by atoms with Crippen LogP contribution in [0.3, 0.4) is 0 Å². The van der Waals surface area contributed by atoms with Crippen molar-refractivity contribution in [1.82, 2.24) is 14.8 Å². The van der Waals surface area contributed by atoms with Gasteiger partial charge in [0.25, 0.3) is 0 Å². The summed E-state index contributed by atoms with van der Waals surface area (Å²) in [4.78, 5) is 0. The first-order valence-electron chi connectivity index (χ1n) is 12.5. The SMILES string of the molecule is CC1CC2(C1)CC(c1c(C3CCOCC3)n(-c3ccc(F)cc3)c3cc4cn[nH]c4cc13)C2. The highest BCUT2D eigenvalue weighted by Gasteiger charge is 2.52. The highest BCUT2D eigenvalue weighted by atomic mass is 19.1. The van der Waals surface area contributed by atoms with Gasteiger partial charge in [-0.2, -0.15) is 5.10 Å². The Labute approximate surface area is 193 Å². The number of H-pyrrole nitrogens is 1. The number of aromatic amines is 1. The van der Waals surface area contributed by atoms with Crippen LogP contribution in [-0.2, 0) is 4.74 Å². The van der Waals surface area contributed by atoms with Gasteiger partial charge in [-0.05, 0) is 97.7 Å². The Balaban J connectivity index is 1.47. The molecule has 1 spiro atoms. The summed E-state index contributed by atoms with van der Waals surface area (Å²) in [5, 5.41) is 9.93. The average molecular weight is 444 g/mol. The van der Waals surface area contributed by atoms with Crippen LogP contribution >= 0.6 is 0 Å². The maximum atomic E-state index is 13.9. The van der Waals surface area contributed by atoms with Crippen LogP contribution in [0.15, 0.2) is 42.6 Å². The van der Waals surface area contributed by atoms with Crippen molar-refractivity contribution in [1.29, 1.82) is 0 Å². The van der Waals surface area contributed by atoms with Gasteiger partial charge in [-0.25, -0.2) is 4.39 Å². The van der Waals surface area contributed by atoms with Gasteiger partial charge in [-0.15, -0.1) is 0 Å². The maximum Gasteiger partial charge on any atom is 0.123 e. The second kappa shape index (κ2) is 7.17. The molecule has 2 saturated carbocycles. The number of aromatic nitrogens is 3. The molecule has 1 aliphatic heterocycles. The molecule has 0 unspecified atom stereocenters. The smallest absolute Gasteiger partial charge is 0.123 e. The normalized spacial score (nSPS) is 27.8. The van der Waals surface area contributed by atoms with Crippen LogP contribution in [0.5, 0.6) is 0 Å². The molecule has 0 bridgehead atoms. The number of fused-ring (bicyclic) bond motifs is 2. The molecule has 1 N–H and O–H groups in total. The zero-order valence-electron chi connectivity index (χ0n) is 19.1. The van der Waals surface area contributed by atoms with Crippen LogP contribution in [-0.4, -0.2) is 28.0 Å². The lowest BCUT2D eigenvalue weighted by atomic mass is 9.47. The van der Waals surface area contributed by atoms with Gasteiger partial charge in [0.15, 0.2) is 0 Å². The fourth-order valence-electron chi connectivity index (χ4n) is 7.38. The molecule has 0 radical (unpaired) electrons. The molecule has 3 fully saturated rings. The summed E-state index contributed by atoms with van der Waals surface area (Å²) in [6, 6.07) is 11.6. The number of hydrogen-bond donors (Lipinski definition) is 1.